The van der Waals surface area contributed by atoms with E-state index >= 15 is 0 Å². The number of benzene rings is 2. The molecule has 0 bridgehead atoms. The number of aliphatic carboxylic acids is 1. The highest BCUT2D eigenvalue weighted by molar-refractivity contribution is 5.80. The Morgan fingerprint density at radius 3 is 2.06 bits per heavy atom. The van der Waals surface area contributed by atoms with Crippen LogP contribution < -0.4 is 10.6 Å². The van der Waals surface area contributed by atoms with Crippen molar-refractivity contribution in [3.8, 4) is 11.1 Å². The molecule has 188 valence electrons. The molecule has 1 aliphatic rings. The zero-order chi connectivity index (χ0) is 25.4. The van der Waals surface area contributed by atoms with E-state index in [0.29, 0.717) is 19.3 Å². The van der Waals surface area contributed by atoms with Crippen molar-refractivity contribution in [2.45, 2.75) is 64.8 Å². The van der Waals surface area contributed by atoms with Gasteiger partial charge in [0.2, 0.25) is 5.91 Å². The Hall–Kier alpha value is -3.35. The SMILES string of the molecule is CCCC(CC(=O)NCC(CC)(CC)C(=O)O)NC(=O)OCC1c2ccccc2-c2ccccc21. The molecule has 7 nitrogen and oxygen atoms in total. The number of ether oxygens (including phenoxy) is 1. The van der Waals surface area contributed by atoms with E-state index in [1.165, 1.54) is 0 Å². The average molecular weight is 481 g/mol. The molecular weight excluding hydrogens is 444 g/mol. The second-order valence-corrected chi connectivity index (χ2v) is 9.23. The van der Waals surface area contributed by atoms with Crippen LogP contribution in [0.15, 0.2) is 48.5 Å². The van der Waals surface area contributed by atoms with Crippen molar-refractivity contribution in [2.24, 2.45) is 5.41 Å². The molecule has 2 amide bonds. The molecule has 1 atom stereocenters. The second-order valence-electron chi connectivity index (χ2n) is 9.23. The number of hydrogen-bond donors (Lipinski definition) is 3. The fourth-order valence-corrected chi connectivity index (χ4v) is 4.82. The van der Waals surface area contributed by atoms with Gasteiger partial charge >= 0.3 is 12.1 Å². The summed E-state index contributed by atoms with van der Waals surface area (Å²) in [6.07, 6.45) is 1.76. The van der Waals surface area contributed by atoms with E-state index in [0.717, 1.165) is 28.7 Å². The molecule has 0 heterocycles. The molecule has 3 rings (SSSR count). The number of carbonyl (C=O) groups is 3. The van der Waals surface area contributed by atoms with Gasteiger partial charge in [0, 0.05) is 24.9 Å². The minimum absolute atomic E-state index is 0.0340. The molecule has 0 saturated carbocycles. The van der Waals surface area contributed by atoms with Gasteiger partial charge in [-0.25, -0.2) is 4.79 Å². The maximum atomic E-state index is 12.6. The van der Waals surface area contributed by atoms with Crippen LogP contribution in [0.5, 0.6) is 0 Å². The van der Waals surface area contributed by atoms with Gasteiger partial charge in [0.05, 0.1) is 5.41 Å². The van der Waals surface area contributed by atoms with E-state index in [2.05, 4.69) is 34.9 Å². The van der Waals surface area contributed by atoms with Crippen LogP contribution in [0.4, 0.5) is 4.79 Å². The highest BCUT2D eigenvalue weighted by atomic mass is 16.5. The Morgan fingerprint density at radius 1 is 0.971 bits per heavy atom. The molecule has 3 N–H and O–H groups in total. The minimum atomic E-state index is -0.976. The Kier molecular flexibility index (Phi) is 8.90. The van der Waals surface area contributed by atoms with Crippen molar-refractivity contribution >= 4 is 18.0 Å². The standard InChI is InChI=1S/C28H36N2O5/c1-4-11-19(16-25(31)29-18-28(5-2,6-3)26(32)33)30-27(34)35-17-24-22-14-9-7-12-20(22)21-13-8-10-15-23(21)24/h7-10,12-15,19,24H,4-6,11,16-18H2,1-3H3,(H,29,31)(H,30,34)(H,32,33). The van der Waals surface area contributed by atoms with Crippen molar-refractivity contribution in [1.29, 1.82) is 0 Å². The highest BCUT2D eigenvalue weighted by Crippen LogP contribution is 2.44. The highest BCUT2D eigenvalue weighted by Gasteiger charge is 2.35. The van der Waals surface area contributed by atoms with Gasteiger partial charge < -0.3 is 20.5 Å². The summed E-state index contributed by atoms with van der Waals surface area (Å²) in [5.74, 6) is -1.23. The molecule has 35 heavy (non-hydrogen) atoms. The molecule has 0 aromatic heterocycles. The fraction of sp³-hybridized carbons (Fsp3) is 0.464. The molecule has 7 heteroatoms. The van der Waals surface area contributed by atoms with E-state index in [9.17, 15) is 19.5 Å². The molecule has 0 fully saturated rings. The van der Waals surface area contributed by atoms with Crippen molar-refractivity contribution in [2.75, 3.05) is 13.2 Å². The van der Waals surface area contributed by atoms with E-state index in [1.807, 2.05) is 45.0 Å². The monoisotopic (exact) mass is 480 g/mol. The predicted molar refractivity (Wildman–Crippen MR) is 135 cm³/mol. The summed E-state index contributed by atoms with van der Waals surface area (Å²) in [6.45, 7) is 5.87. The summed E-state index contributed by atoms with van der Waals surface area (Å²) in [5, 5.41) is 15.2. The number of carbonyl (C=O) groups excluding carboxylic acids is 2. The van der Waals surface area contributed by atoms with Crippen molar-refractivity contribution in [3.05, 3.63) is 59.7 Å². The first kappa shape index (κ1) is 26.3. The molecular formula is C28H36N2O5. The lowest BCUT2D eigenvalue weighted by Gasteiger charge is -2.27. The number of fused-ring (bicyclic) bond motifs is 3. The number of carboxylic acids is 1. The topological polar surface area (TPSA) is 105 Å². The van der Waals surface area contributed by atoms with E-state index in [4.69, 9.17) is 4.74 Å². The maximum absolute atomic E-state index is 12.6. The van der Waals surface area contributed by atoms with Crippen LogP contribution in [0.25, 0.3) is 11.1 Å². The van der Waals surface area contributed by atoms with Crippen LogP contribution in [0.3, 0.4) is 0 Å². The number of amides is 2. The number of carboxylic acid groups (broad SMARTS) is 1. The minimum Gasteiger partial charge on any atom is -0.481 e. The van der Waals surface area contributed by atoms with Crippen LogP contribution in [0.2, 0.25) is 0 Å². The Bertz CT molecular complexity index is 1000. The number of nitrogens with one attached hydrogen (secondary N) is 2. The number of rotatable bonds is 12. The van der Waals surface area contributed by atoms with Crippen molar-refractivity contribution in [1.82, 2.24) is 10.6 Å². The van der Waals surface area contributed by atoms with Gasteiger partial charge in [-0.15, -0.1) is 0 Å². The predicted octanol–water partition coefficient (Wildman–Crippen LogP) is 5.09. The molecule has 0 spiro atoms. The first-order valence-electron chi connectivity index (χ1n) is 12.5. The molecule has 2 aromatic rings. The summed E-state index contributed by atoms with van der Waals surface area (Å²) >= 11 is 0. The van der Waals surface area contributed by atoms with Crippen LogP contribution in [-0.4, -0.2) is 42.3 Å². The van der Waals surface area contributed by atoms with Gasteiger partial charge in [-0.1, -0.05) is 75.7 Å². The third kappa shape index (κ3) is 6.02. The Morgan fingerprint density at radius 2 is 1.54 bits per heavy atom. The summed E-state index contributed by atoms with van der Waals surface area (Å²) in [4.78, 5) is 36.9. The molecule has 0 radical (unpaired) electrons. The van der Waals surface area contributed by atoms with Crippen LogP contribution >= 0.6 is 0 Å². The zero-order valence-corrected chi connectivity index (χ0v) is 20.8. The molecule has 2 aromatic carbocycles. The summed E-state index contributed by atoms with van der Waals surface area (Å²) in [5.41, 5.74) is 3.62. The molecule has 0 aliphatic heterocycles. The normalized spacial score (nSPS) is 13.5. The van der Waals surface area contributed by atoms with E-state index < -0.39 is 23.5 Å². The van der Waals surface area contributed by atoms with Gasteiger partial charge in [0.25, 0.3) is 0 Å². The summed E-state index contributed by atoms with van der Waals surface area (Å²) in [6, 6.07) is 15.9. The lowest BCUT2D eigenvalue weighted by atomic mass is 9.82. The van der Waals surface area contributed by atoms with Crippen LogP contribution in [0, 0.1) is 5.41 Å². The van der Waals surface area contributed by atoms with Gasteiger partial charge in [-0.05, 0) is 41.5 Å². The molecule has 1 unspecified atom stereocenters. The van der Waals surface area contributed by atoms with Crippen molar-refractivity contribution < 1.29 is 24.2 Å². The molecule has 0 saturated heterocycles. The van der Waals surface area contributed by atoms with Gasteiger partial charge in [-0.2, -0.15) is 0 Å². The largest absolute Gasteiger partial charge is 0.481 e. The summed E-state index contributed by atoms with van der Waals surface area (Å²) in [7, 11) is 0. The van der Waals surface area contributed by atoms with Gasteiger partial charge in [-0.3, -0.25) is 9.59 Å². The Balaban J connectivity index is 1.57. The zero-order valence-electron chi connectivity index (χ0n) is 20.8. The maximum Gasteiger partial charge on any atom is 0.407 e. The number of alkyl carbamates (subject to hydrolysis) is 1. The van der Waals surface area contributed by atoms with E-state index in [-0.39, 0.29) is 31.4 Å². The first-order valence-corrected chi connectivity index (χ1v) is 12.5. The average Bonchev–Trinajstić information content (AvgIpc) is 3.17. The first-order chi connectivity index (χ1) is 16.8. The number of hydrogen-bond acceptors (Lipinski definition) is 4. The smallest absolute Gasteiger partial charge is 0.407 e. The third-order valence-corrected chi connectivity index (χ3v) is 7.17. The second kappa shape index (κ2) is 11.9. The van der Waals surface area contributed by atoms with Crippen LogP contribution in [-0.2, 0) is 14.3 Å². The van der Waals surface area contributed by atoms with Gasteiger partial charge in [0.1, 0.15) is 6.61 Å². The molecule has 1 aliphatic carbocycles. The third-order valence-electron chi connectivity index (χ3n) is 7.17. The fourth-order valence-electron chi connectivity index (χ4n) is 4.82. The lowest BCUT2D eigenvalue weighted by molar-refractivity contribution is -0.149. The quantitative estimate of drug-likeness (QED) is 0.392. The van der Waals surface area contributed by atoms with E-state index in [1.54, 1.807) is 0 Å². The van der Waals surface area contributed by atoms with Crippen molar-refractivity contribution in [3.63, 3.8) is 0 Å². The van der Waals surface area contributed by atoms with Gasteiger partial charge in [0.15, 0.2) is 0 Å². The Labute approximate surface area is 207 Å². The summed E-state index contributed by atoms with van der Waals surface area (Å²) < 4.78 is 5.62. The lowest BCUT2D eigenvalue weighted by Crippen LogP contribution is -2.45. The van der Waals surface area contributed by atoms with Crippen LogP contribution in [0.1, 0.15) is 69.9 Å².